The van der Waals surface area contributed by atoms with E-state index >= 15 is 0 Å². The Bertz CT molecular complexity index is 371. The van der Waals surface area contributed by atoms with Gasteiger partial charge in [0, 0.05) is 11.1 Å². The Hall–Kier alpha value is -0.600. The summed E-state index contributed by atoms with van der Waals surface area (Å²) < 4.78 is 13.0. The van der Waals surface area contributed by atoms with Gasteiger partial charge in [-0.05, 0) is 36.1 Å². The predicted molar refractivity (Wildman–Crippen MR) is 72.0 cm³/mol. The van der Waals surface area contributed by atoms with E-state index in [-0.39, 0.29) is 11.2 Å². The van der Waals surface area contributed by atoms with Crippen LogP contribution < -0.4 is 5.32 Å². The van der Waals surface area contributed by atoms with Gasteiger partial charge >= 0.3 is 0 Å². The molecule has 0 heterocycles. The van der Waals surface area contributed by atoms with Crippen LogP contribution in [0.3, 0.4) is 0 Å². The Kier molecular flexibility index (Phi) is 4.96. The molecule has 3 heteroatoms. The van der Waals surface area contributed by atoms with Crippen LogP contribution in [0.25, 0.3) is 0 Å². The molecule has 0 fully saturated rings. The molecule has 1 atom stereocenters. The zero-order valence-corrected chi connectivity index (χ0v) is 11.7. The van der Waals surface area contributed by atoms with E-state index in [4.69, 9.17) is 11.6 Å². The molecular formula is C14H21ClFN. The Labute approximate surface area is 108 Å². The second-order valence-electron chi connectivity index (χ2n) is 5.42. The van der Waals surface area contributed by atoms with Gasteiger partial charge in [0.1, 0.15) is 5.82 Å². The lowest BCUT2D eigenvalue weighted by Gasteiger charge is -2.31. The third-order valence-corrected chi connectivity index (χ3v) is 3.29. The van der Waals surface area contributed by atoms with Crippen molar-refractivity contribution >= 4 is 11.6 Å². The zero-order chi connectivity index (χ0) is 13.1. The summed E-state index contributed by atoms with van der Waals surface area (Å²) in [5.41, 5.74) is 1.14. The first-order valence-corrected chi connectivity index (χ1v) is 6.39. The molecule has 0 radical (unpaired) electrons. The summed E-state index contributed by atoms with van der Waals surface area (Å²) in [6, 6.07) is 4.94. The second kappa shape index (κ2) is 5.83. The van der Waals surface area contributed by atoms with Crippen LogP contribution in [0.4, 0.5) is 4.39 Å². The number of hydrogen-bond donors (Lipinski definition) is 1. The molecule has 0 saturated heterocycles. The molecule has 1 N–H and O–H groups in total. The SMILES string of the molecule is CCNC(Cc1ccc(F)cc1Cl)C(C)(C)C. The Morgan fingerprint density at radius 3 is 2.47 bits per heavy atom. The Balaban J connectivity index is 2.86. The highest BCUT2D eigenvalue weighted by atomic mass is 35.5. The third kappa shape index (κ3) is 4.29. The fourth-order valence-corrected chi connectivity index (χ4v) is 2.08. The standard InChI is InChI=1S/C14H21ClFN/c1-5-17-13(14(2,3)4)8-10-6-7-11(16)9-12(10)15/h6-7,9,13,17H,5,8H2,1-4H3. The lowest BCUT2D eigenvalue weighted by atomic mass is 9.83. The molecule has 96 valence electrons. The average Bonchev–Trinajstić information content (AvgIpc) is 2.19. The number of halogens is 2. The van der Waals surface area contributed by atoms with Crippen LogP contribution in [0.2, 0.25) is 5.02 Å². The minimum Gasteiger partial charge on any atom is -0.313 e. The molecule has 1 aromatic carbocycles. The molecule has 0 spiro atoms. The normalized spacial score (nSPS) is 13.8. The van der Waals surface area contributed by atoms with Crippen molar-refractivity contribution in [2.75, 3.05) is 6.54 Å². The van der Waals surface area contributed by atoms with Crippen molar-refractivity contribution in [1.82, 2.24) is 5.32 Å². The van der Waals surface area contributed by atoms with Gasteiger partial charge in [-0.25, -0.2) is 4.39 Å². The van der Waals surface area contributed by atoms with Crippen LogP contribution in [0, 0.1) is 11.2 Å². The fourth-order valence-electron chi connectivity index (χ4n) is 1.84. The van der Waals surface area contributed by atoms with E-state index in [1.165, 1.54) is 12.1 Å². The number of nitrogens with one attached hydrogen (secondary N) is 1. The predicted octanol–water partition coefficient (Wildman–Crippen LogP) is 4.05. The fraction of sp³-hybridized carbons (Fsp3) is 0.571. The number of benzene rings is 1. The maximum absolute atomic E-state index is 13.0. The molecular weight excluding hydrogens is 237 g/mol. The van der Waals surface area contributed by atoms with Gasteiger partial charge in [-0.3, -0.25) is 0 Å². The Morgan fingerprint density at radius 1 is 1.35 bits per heavy atom. The van der Waals surface area contributed by atoms with E-state index < -0.39 is 0 Å². The number of rotatable bonds is 4. The van der Waals surface area contributed by atoms with Gasteiger partial charge in [-0.1, -0.05) is 45.4 Å². The molecule has 1 aromatic rings. The highest BCUT2D eigenvalue weighted by Crippen LogP contribution is 2.26. The second-order valence-corrected chi connectivity index (χ2v) is 5.82. The minimum atomic E-state index is -0.283. The van der Waals surface area contributed by atoms with Crippen molar-refractivity contribution in [2.24, 2.45) is 5.41 Å². The van der Waals surface area contributed by atoms with Gasteiger partial charge in [0.25, 0.3) is 0 Å². The molecule has 0 aromatic heterocycles. The summed E-state index contributed by atoms with van der Waals surface area (Å²) in [5.74, 6) is -0.283. The summed E-state index contributed by atoms with van der Waals surface area (Å²) in [6.07, 6.45) is 0.816. The summed E-state index contributed by atoms with van der Waals surface area (Å²) >= 11 is 6.06. The average molecular weight is 258 g/mol. The molecule has 0 aliphatic rings. The lowest BCUT2D eigenvalue weighted by Crippen LogP contribution is -2.41. The maximum atomic E-state index is 13.0. The van der Waals surface area contributed by atoms with E-state index in [9.17, 15) is 4.39 Å². The molecule has 1 unspecified atom stereocenters. The van der Waals surface area contributed by atoms with Gasteiger partial charge < -0.3 is 5.32 Å². The van der Waals surface area contributed by atoms with Crippen LogP contribution in [-0.4, -0.2) is 12.6 Å². The smallest absolute Gasteiger partial charge is 0.124 e. The summed E-state index contributed by atoms with van der Waals surface area (Å²) in [4.78, 5) is 0. The van der Waals surface area contributed by atoms with E-state index in [0.717, 1.165) is 18.5 Å². The van der Waals surface area contributed by atoms with Crippen LogP contribution in [0.1, 0.15) is 33.3 Å². The van der Waals surface area contributed by atoms with Crippen molar-refractivity contribution in [2.45, 2.75) is 40.2 Å². The highest BCUT2D eigenvalue weighted by molar-refractivity contribution is 6.31. The van der Waals surface area contributed by atoms with Gasteiger partial charge in [0.15, 0.2) is 0 Å². The van der Waals surface area contributed by atoms with E-state index in [0.29, 0.717) is 11.1 Å². The summed E-state index contributed by atoms with van der Waals surface area (Å²) in [7, 11) is 0. The quantitative estimate of drug-likeness (QED) is 0.858. The van der Waals surface area contributed by atoms with Crippen LogP contribution >= 0.6 is 11.6 Å². The van der Waals surface area contributed by atoms with E-state index in [1.807, 2.05) is 0 Å². The lowest BCUT2D eigenvalue weighted by molar-refractivity contribution is 0.270. The first-order valence-electron chi connectivity index (χ1n) is 6.02. The zero-order valence-electron chi connectivity index (χ0n) is 11.0. The molecule has 1 nitrogen and oxygen atoms in total. The van der Waals surface area contributed by atoms with Crippen molar-refractivity contribution in [1.29, 1.82) is 0 Å². The van der Waals surface area contributed by atoms with Crippen molar-refractivity contribution < 1.29 is 4.39 Å². The number of likely N-dealkylation sites (N-methyl/N-ethyl adjacent to an activating group) is 1. The van der Waals surface area contributed by atoms with Gasteiger partial charge in [0.2, 0.25) is 0 Å². The van der Waals surface area contributed by atoms with Crippen molar-refractivity contribution in [3.63, 3.8) is 0 Å². The van der Waals surface area contributed by atoms with Crippen LogP contribution in [-0.2, 0) is 6.42 Å². The molecule has 1 rings (SSSR count). The third-order valence-electron chi connectivity index (χ3n) is 2.94. The minimum absolute atomic E-state index is 0.147. The van der Waals surface area contributed by atoms with E-state index in [2.05, 4.69) is 33.0 Å². The first-order chi connectivity index (χ1) is 7.84. The Morgan fingerprint density at radius 2 is 2.00 bits per heavy atom. The molecule has 0 bridgehead atoms. The largest absolute Gasteiger partial charge is 0.313 e. The topological polar surface area (TPSA) is 12.0 Å². The van der Waals surface area contributed by atoms with Crippen molar-refractivity contribution in [3.8, 4) is 0 Å². The van der Waals surface area contributed by atoms with Gasteiger partial charge in [-0.15, -0.1) is 0 Å². The maximum Gasteiger partial charge on any atom is 0.124 e. The molecule has 0 amide bonds. The monoisotopic (exact) mass is 257 g/mol. The van der Waals surface area contributed by atoms with Gasteiger partial charge in [-0.2, -0.15) is 0 Å². The summed E-state index contributed by atoms with van der Waals surface area (Å²) in [5, 5.41) is 3.97. The highest BCUT2D eigenvalue weighted by Gasteiger charge is 2.24. The molecule has 17 heavy (non-hydrogen) atoms. The van der Waals surface area contributed by atoms with Gasteiger partial charge in [0.05, 0.1) is 0 Å². The van der Waals surface area contributed by atoms with Crippen molar-refractivity contribution in [3.05, 3.63) is 34.6 Å². The summed E-state index contributed by atoms with van der Waals surface area (Å²) in [6.45, 7) is 9.58. The molecule has 0 aliphatic heterocycles. The first kappa shape index (κ1) is 14.5. The molecule has 0 aliphatic carbocycles. The number of hydrogen-bond acceptors (Lipinski definition) is 1. The van der Waals surface area contributed by atoms with Crippen LogP contribution in [0.5, 0.6) is 0 Å². The van der Waals surface area contributed by atoms with E-state index in [1.54, 1.807) is 6.07 Å². The van der Waals surface area contributed by atoms with Crippen LogP contribution in [0.15, 0.2) is 18.2 Å². The molecule has 0 saturated carbocycles.